The maximum Gasteiger partial charge on any atom is 0.247 e. The van der Waals surface area contributed by atoms with Gasteiger partial charge >= 0.3 is 0 Å². The SMILES string of the molecule is C=CCN(C)C(=O)[C@@H]1[C@H]2C(=O)N([C@H](CO)c3ccccc3)C(C(=O)N(CC=C)CCCC)C23S[C@@H]1CC3C. The molecule has 1 aromatic carbocycles. The van der Waals surface area contributed by atoms with Gasteiger partial charge in [-0.2, -0.15) is 0 Å². The van der Waals surface area contributed by atoms with Crippen LogP contribution in [0.5, 0.6) is 0 Å². The first kappa shape index (κ1) is 28.4. The number of likely N-dealkylation sites (tertiary alicyclic amines) is 1. The largest absolute Gasteiger partial charge is 0.394 e. The highest BCUT2D eigenvalue weighted by Crippen LogP contribution is 2.69. The molecule has 0 saturated carbocycles. The molecule has 0 aliphatic carbocycles. The number of fused-ring (bicyclic) bond motifs is 1. The summed E-state index contributed by atoms with van der Waals surface area (Å²) in [6.45, 7) is 12.9. The fourth-order valence-electron chi connectivity index (χ4n) is 6.89. The maximum absolute atomic E-state index is 14.5. The van der Waals surface area contributed by atoms with Crippen molar-refractivity contribution in [1.29, 1.82) is 0 Å². The predicted octanol–water partition coefficient (Wildman–Crippen LogP) is 3.52. The molecule has 3 aliphatic rings. The maximum atomic E-state index is 14.5. The molecule has 3 unspecified atom stereocenters. The van der Waals surface area contributed by atoms with E-state index in [1.54, 1.807) is 45.7 Å². The molecular weight excluding hydrogens is 498 g/mol. The van der Waals surface area contributed by atoms with Crippen LogP contribution in [0.2, 0.25) is 0 Å². The third-order valence-electron chi connectivity index (χ3n) is 8.62. The Morgan fingerprint density at radius 3 is 2.50 bits per heavy atom. The summed E-state index contributed by atoms with van der Waals surface area (Å²) in [6, 6.07) is 7.95. The quantitative estimate of drug-likeness (QED) is 0.411. The fraction of sp³-hybridized carbons (Fsp3) is 0.567. The molecule has 3 saturated heterocycles. The van der Waals surface area contributed by atoms with Gasteiger partial charge in [0.2, 0.25) is 17.7 Å². The molecule has 0 radical (unpaired) electrons. The number of nitrogens with zero attached hydrogens (tertiary/aromatic N) is 3. The van der Waals surface area contributed by atoms with E-state index in [4.69, 9.17) is 0 Å². The molecule has 3 amide bonds. The van der Waals surface area contributed by atoms with Crippen LogP contribution in [0.1, 0.15) is 44.7 Å². The first-order valence-electron chi connectivity index (χ1n) is 13.7. The van der Waals surface area contributed by atoms with E-state index in [-0.39, 0.29) is 35.5 Å². The molecule has 4 rings (SSSR count). The second kappa shape index (κ2) is 11.7. The zero-order valence-corrected chi connectivity index (χ0v) is 23.6. The normalized spacial score (nSPS) is 30.2. The number of aliphatic hydroxyl groups excluding tert-OH is 1. The van der Waals surface area contributed by atoms with Crippen LogP contribution < -0.4 is 0 Å². The fourth-order valence-corrected chi connectivity index (χ4v) is 9.29. The number of benzene rings is 1. The molecule has 7 nitrogen and oxygen atoms in total. The summed E-state index contributed by atoms with van der Waals surface area (Å²) in [5.41, 5.74) is 0.778. The number of thioether (sulfide) groups is 1. The third kappa shape index (κ3) is 4.49. The lowest BCUT2D eigenvalue weighted by Gasteiger charge is -2.42. The zero-order valence-electron chi connectivity index (χ0n) is 22.8. The number of likely N-dealkylation sites (N-methyl/N-ethyl adjacent to an activating group) is 1. The molecule has 7 atom stereocenters. The van der Waals surface area contributed by atoms with Gasteiger partial charge in [-0.05, 0) is 24.3 Å². The van der Waals surface area contributed by atoms with Gasteiger partial charge in [0, 0.05) is 31.9 Å². The Bertz CT molecular complexity index is 1060. The highest BCUT2D eigenvalue weighted by molar-refractivity contribution is 8.02. The van der Waals surface area contributed by atoms with Gasteiger partial charge in [0.25, 0.3) is 0 Å². The number of hydrogen-bond acceptors (Lipinski definition) is 5. The Balaban J connectivity index is 1.85. The van der Waals surface area contributed by atoms with Crippen molar-refractivity contribution in [3.05, 3.63) is 61.2 Å². The number of hydrogen-bond donors (Lipinski definition) is 1. The van der Waals surface area contributed by atoms with E-state index in [0.29, 0.717) is 19.6 Å². The number of rotatable bonds is 12. The van der Waals surface area contributed by atoms with Crippen LogP contribution >= 0.6 is 11.8 Å². The summed E-state index contributed by atoms with van der Waals surface area (Å²) in [5, 5.41) is 10.6. The predicted molar refractivity (Wildman–Crippen MR) is 151 cm³/mol. The van der Waals surface area contributed by atoms with Crippen molar-refractivity contribution in [2.45, 2.75) is 55.2 Å². The Kier molecular flexibility index (Phi) is 8.72. The Labute approximate surface area is 230 Å². The van der Waals surface area contributed by atoms with Crippen molar-refractivity contribution in [2.75, 3.05) is 33.3 Å². The number of carbonyl (C=O) groups excluding carboxylic acids is 3. The molecule has 1 aromatic rings. The van der Waals surface area contributed by atoms with Crippen molar-refractivity contribution in [2.24, 2.45) is 17.8 Å². The van der Waals surface area contributed by atoms with E-state index in [1.165, 1.54) is 0 Å². The van der Waals surface area contributed by atoms with Gasteiger partial charge in [0.05, 0.1) is 29.2 Å². The van der Waals surface area contributed by atoms with Crippen LogP contribution in [0.3, 0.4) is 0 Å². The number of carbonyl (C=O) groups is 3. The molecule has 1 spiro atoms. The number of amides is 3. The second-order valence-corrected chi connectivity index (χ2v) is 12.4. The molecule has 0 aromatic heterocycles. The van der Waals surface area contributed by atoms with Crippen LogP contribution in [-0.2, 0) is 14.4 Å². The van der Waals surface area contributed by atoms with Crippen molar-refractivity contribution in [3.63, 3.8) is 0 Å². The van der Waals surface area contributed by atoms with Gasteiger partial charge in [-0.15, -0.1) is 24.9 Å². The summed E-state index contributed by atoms with van der Waals surface area (Å²) in [6.07, 6.45) is 5.96. The summed E-state index contributed by atoms with van der Waals surface area (Å²) < 4.78 is -0.734. The highest BCUT2D eigenvalue weighted by Gasteiger charge is 2.77. The Hall–Kier alpha value is -2.58. The van der Waals surface area contributed by atoms with Crippen LogP contribution in [0.15, 0.2) is 55.6 Å². The van der Waals surface area contributed by atoms with Crippen LogP contribution in [-0.4, -0.2) is 86.9 Å². The summed E-state index contributed by atoms with van der Waals surface area (Å²) in [7, 11) is 1.74. The van der Waals surface area contributed by atoms with Gasteiger partial charge in [-0.1, -0.05) is 62.8 Å². The third-order valence-corrected chi connectivity index (χ3v) is 10.7. The molecule has 1 N–H and O–H groups in total. The minimum absolute atomic E-state index is 0.0241. The van der Waals surface area contributed by atoms with Gasteiger partial charge in [0.15, 0.2) is 0 Å². The summed E-state index contributed by atoms with van der Waals surface area (Å²) in [4.78, 5) is 47.8. The van der Waals surface area contributed by atoms with E-state index in [0.717, 1.165) is 24.8 Å². The molecule has 3 aliphatic heterocycles. The Morgan fingerprint density at radius 2 is 1.89 bits per heavy atom. The van der Waals surface area contributed by atoms with Crippen molar-refractivity contribution in [3.8, 4) is 0 Å². The summed E-state index contributed by atoms with van der Waals surface area (Å²) in [5.74, 6) is -1.46. The average molecular weight is 540 g/mol. The van der Waals surface area contributed by atoms with Crippen molar-refractivity contribution >= 4 is 29.5 Å². The Morgan fingerprint density at radius 1 is 1.21 bits per heavy atom. The second-order valence-electron chi connectivity index (χ2n) is 10.8. The molecule has 38 heavy (non-hydrogen) atoms. The minimum atomic E-state index is -0.776. The molecule has 2 bridgehead atoms. The molecule has 206 valence electrons. The van der Waals surface area contributed by atoms with Crippen LogP contribution in [0.25, 0.3) is 0 Å². The van der Waals surface area contributed by atoms with Gasteiger partial charge < -0.3 is 19.8 Å². The highest BCUT2D eigenvalue weighted by atomic mass is 32.2. The number of aliphatic hydroxyl groups is 1. The van der Waals surface area contributed by atoms with Gasteiger partial charge in [-0.25, -0.2) is 0 Å². The first-order chi connectivity index (χ1) is 18.3. The van der Waals surface area contributed by atoms with Crippen LogP contribution in [0, 0.1) is 17.8 Å². The van der Waals surface area contributed by atoms with E-state index >= 15 is 0 Å². The van der Waals surface area contributed by atoms with Crippen LogP contribution in [0.4, 0.5) is 0 Å². The monoisotopic (exact) mass is 539 g/mol. The van der Waals surface area contributed by atoms with E-state index in [1.807, 2.05) is 30.3 Å². The topological polar surface area (TPSA) is 81.2 Å². The van der Waals surface area contributed by atoms with E-state index < -0.39 is 28.7 Å². The molecule has 8 heteroatoms. The number of unbranched alkanes of at least 4 members (excludes halogenated alkanes) is 1. The van der Waals surface area contributed by atoms with E-state index in [9.17, 15) is 19.5 Å². The minimum Gasteiger partial charge on any atom is -0.394 e. The first-order valence-corrected chi connectivity index (χ1v) is 14.6. The van der Waals surface area contributed by atoms with Crippen molar-refractivity contribution in [1.82, 2.24) is 14.7 Å². The smallest absolute Gasteiger partial charge is 0.247 e. The van der Waals surface area contributed by atoms with Gasteiger partial charge in [0.1, 0.15) is 6.04 Å². The molecule has 3 heterocycles. The zero-order chi connectivity index (χ0) is 27.6. The molecular formula is C30H41N3O4S. The van der Waals surface area contributed by atoms with Gasteiger partial charge in [-0.3, -0.25) is 14.4 Å². The lowest BCUT2D eigenvalue weighted by molar-refractivity contribution is -0.147. The lowest BCUT2D eigenvalue weighted by atomic mass is 9.65. The average Bonchev–Trinajstić information content (AvgIpc) is 3.51. The van der Waals surface area contributed by atoms with Crippen molar-refractivity contribution < 1.29 is 19.5 Å². The standard InChI is InChI=1S/C30H41N3O4S/c1-6-9-17-32(16-8-3)29(37)26-30-20(4)18-23(38-30)24(27(35)31(5)15-7-2)25(30)28(36)33(26)22(19-34)21-13-11-10-12-14-21/h7-8,10-14,20,22-26,34H,2-3,6,9,15-19H2,1,4-5H3/t20?,22-,23-,24+,25+,26?,30?/m1/s1. The summed E-state index contributed by atoms with van der Waals surface area (Å²) >= 11 is 1.67. The van der Waals surface area contributed by atoms with E-state index in [2.05, 4.69) is 27.0 Å². The molecule has 3 fully saturated rings. The lowest BCUT2D eigenvalue weighted by Crippen LogP contribution is -2.58.